The lowest BCUT2D eigenvalue weighted by molar-refractivity contribution is -0.120. The van der Waals surface area contributed by atoms with Crippen molar-refractivity contribution < 1.29 is 4.79 Å². The van der Waals surface area contributed by atoms with E-state index in [2.05, 4.69) is 11.3 Å². The Balaban J connectivity index is 0.000000531. The van der Waals surface area contributed by atoms with Crippen molar-refractivity contribution in [1.82, 2.24) is 9.78 Å². The predicted molar refractivity (Wildman–Crippen MR) is 60.8 cm³/mol. The Morgan fingerprint density at radius 2 is 1.93 bits per heavy atom. The van der Waals surface area contributed by atoms with E-state index >= 15 is 0 Å². The number of Topliss-reactive ketones (excluding diaryl/α,β-unsaturated/α-hetero) is 1. The third kappa shape index (κ3) is 3.18. The third-order valence-electron chi connectivity index (χ3n) is 2.62. The monoisotopic (exact) mass is 208 g/mol. The van der Waals surface area contributed by atoms with Crippen molar-refractivity contribution in [3.63, 3.8) is 0 Å². The average Bonchev–Trinajstić information content (AvgIpc) is 2.69. The van der Waals surface area contributed by atoms with Gasteiger partial charge in [-0.15, -0.1) is 0 Å². The van der Waals surface area contributed by atoms with E-state index in [1.165, 1.54) is 5.56 Å². The molecular formula is C12H20N2O. The molecule has 1 fully saturated rings. The van der Waals surface area contributed by atoms with Gasteiger partial charge in [0.1, 0.15) is 5.78 Å². The van der Waals surface area contributed by atoms with Crippen molar-refractivity contribution in [2.45, 2.75) is 52.5 Å². The summed E-state index contributed by atoms with van der Waals surface area (Å²) >= 11 is 0. The van der Waals surface area contributed by atoms with Crippen molar-refractivity contribution in [2.75, 3.05) is 0 Å². The minimum Gasteiger partial charge on any atom is -0.300 e. The summed E-state index contributed by atoms with van der Waals surface area (Å²) in [5, 5.41) is 4.27. The minimum absolute atomic E-state index is 0.403. The highest BCUT2D eigenvalue weighted by molar-refractivity contribution is 5.79. The molecule has 84 valence electrons. The van der Waals surface area contributed by atoms with Gasteiger partial charge in [0.2, 0.25) is 0 Å². The van der Waals surface area contributed by atoms with Crippen LogP contribution in [0.25, 0.3) is 0 Å². The van der Waals surface area contributed by atoms with Crippen molar-refractivity contribution in [2.24, 2.45) is 0 Å². The number of hydrogen-bond acceptors (Lipinski definition) is 2. The van der Waals surface area contributed by atoms with Crippen LogP contribution in [0, 0.1) is 6.92 Å². The van der Waals surface area contributed by atoms with Crippen LogP contribution in [0.5, 0.6) is 0 Å². The van der Waals surface area contributed by atoms with E-state index < -0.39 is 0 Å². The molecule has 2 rings (SSSR count). The smallest absolute Gasteiger partial charge is 0.133 e. The number of ketones is 1. The highest BCUT2D eigenvalue weighted by atomic mass is 16.1. The van der Waals surface area contributed by atoms with Crippen LogP contribution in [0.4, 0.5) is 0 Å². The standard InChI is InChI=1S/C10H14N2O.C2H6/c1-8-6-11-12(7-8)9-2-4-10(13)5-3-9;1-2/h6-7,9H,2-5H2,1H3;1-2H3. The Morgan fingerprint density at radius 1 is 1.33 bits per heavy atom. The lowest BCUT2D eigenvalue weighted by Crippen LogP contribution is -2.18. The average molecular weight is 208 g/mol. The molecule has 0 saturated heterocycles. The normalized spacial score (nSPS) is 17.1. The molecule has 0 bridgehead atoms. The molecule has 0 amide bonds. The first-order valence-electron chi connectivity index (χ1n) is 5.78. The van der Waals surface area contributed by atoms with Crippen LogP contribution in [0.3, 0.4) is 0 Å². The van der Waals surface area contributed by atoms with Gasteiger partial charge in [-0.25, -0.2) is 0 Å². The maximum Gasteiger partial charge on any atom is 0.133 e. The van der Waals surface area contributed by atoms with Gasteiger partial charge in [-0.05, 0) is 25.3 Å². The van der Waals surface area contributed by atoms with Gasteiger partial charge in [0.25, 0.3) is 0 Å². The van der Waals surface area contributed by atoms with E-state index in [1.54, 1.807) is 0 Å². The van der Waals surface area contributed by atoms with Crippen molar-refractivity contribution in [3.8, 4) is 0 Å². The Morgan fingerprint density at radius 3 is 2.40 bits per heavy atom. The fourth-order valence-corrected chi connectivity index (χ4v) is 1.82. The minimum atomic E-state index is 0.403. The molecule has 3 nitrogen and oxygen atoms in total. The second-order valence-corrected chi connectivity index (χ2v) is 3.77. The van der Waals surface area contributed by atoms with E-state index in [-0.39, 0.29) is 0 Å². The molecule has 1 aliphatic carbocycles. The van der Waals surface area contributed by atoms with Gasteiger partial charge in [-0.2, -0.15) is 5.10 Å². The van der Waals surface area contributed by atoms with E-state index in [4.69, 9.17) is 0 Å². The molecule has 0 unspecified atom stereocenters. The SMILES string of the molecule is CC.Cc1cnn(C2CCC(=O)CC2)c1. The summed E-state index contributed by atoms with van der Waals surface area (Å²) in [6.07, 6.45) is 7.30. The summed E-state index contributed by atoms with van der Waals surface area (Å²) in [6.45, 7) is 6.04. The first-order valence-corrected chi connectivity index (χ1v) is 5.78. The van der Waals surface area contributed by atoms with Crippen LogP contribution in [-0.2, 0) is 4.79 Å². The zero-order chi connectivity index (χ0) is 11.3. The largest absolute Gasteiger partial charge is 0.300 e. The highest BCUT2D eigenvalue weighted by Crippen LogP contribution is 2.25. The summed E-state index contributed by atoms with van der Waals surface area (Å²) in [6, 6.07) is 0.450. The fourth-order valence-electron chi connectivity index (χ4n) is 1.82. The lowest BCUT2D eigenvalue weighted by Gasteiger charge is -2.20. The molecule has 1 aromatic rings. The van der Waals surface area contributed by atoms with Gasteiger partial charge in [0.15, 0.2) is 0 Å². The maximum atomic E-state index is 11.0. The number of rotatable bonds is 1. The van der Waals surface area contributed by atoms with Crippen LogP contribution >= 0.6 is 0 Å². The molecule has 1 aromatic heterocycles. The van der Waals surface area contributed by atoms with Crippen molar-refractivity contribution >= 4 is 5.78 Å². The van der Waals surface area contributed by atoms with Gasteiger partial charge in [-0.1, -0.05) is 13.8 Å². The quantitative estimate of drug-likeness (QED) is 0.711. The molecule has 1 saturated carbocycles. The molecule has 1 heterocycles. The number of hydrogen-bond donors (Lipinski definition) is 0. The van der Waals surface area contributed by atoms with Gasteiger partial charge in [-0.3, -0.25) is 9.48 Å². The van der Waals surface area contributed by atoms with Gasteiger partial charge >= 0.3 is 0 Å². The molecule has 0 atom stereocenters. The number of aromatic nitrogens is 2. The summed E-state index contributed by atoms with van der Waals surface area (Å²) in [4.78, 5) is 11.0. The Hall–Kier alpha value is -1.12. The zero-order valence-corrected chi connectivity index (χ0v) is 9.86. The summed E-state index contributed by atoms with van der Waals surface area (Å²) in [7, 11) is 0. The first kappa shape index (κ1) is 12.0. The fraction of sp³-hybridized carbons (Fsp3) is 0.667. The molecule has 0 aromatic carbocycles. The van der Waals surface area contributed by atoms with Gasteiger partial charge < -0.3 is 0 Å². The van der Waals surface area contributed by atoms with Crippen molar-refractivity contribution in [3.05, 3.63) is 18.0 Å². The maximum absolute atomic E-state index is 11.0. The Labute approximate surface area is 91.5 Å². The Kier molecular flexibility index (Phi) is 4.53. The first-order chi connectivity index (χ1) is 7.25. The van der Waals surface area contributed by atoms with Crippen LogP contribution in [0.15, 0.2) is 12.4 Å². The van der Waals surface area contributed by atoms with Gasteiger partial charge in [0, 0.05) is 19.0 Å². The van der Waals surface area contributed by atoms with E-state index in [0.717, 1.165) is 25.7 Å². The predicted octanol–water partition coefficient (Wildman–Crippen LogP) is 2.90. The van der Waals surface area contributed by atoms with Gasteiger partial charge in [0.05, 0.1) is 12.2 Å². The summed E-state index contributed by atoms with van der Waals surface area (Å²) < 4.78 is 2.00. The van der Waals surface area contributed by atoms with Crippen molar-refractivity contribution in [1.29, 1.82) is 0 Å². The zero-order valence-electron chi connectivity index (χ0n) is 9.86. The molecular weight excluding hydrogens is 188 g/mol. The second kappa shape index (κ2) is 5.69. The summed E-state index contributed by atoms with van der Waals surface area (Å²) in [5.74, 6) is 0.403. The van der Waals surface area contributed by atoms with E-state index in [0.29, 0.717) is 11.8 Å². The summed E-state index contributed by atoms with van der Waals surface area (Å²) in [5.41, 5.74) is 1.19. The molecule has 1 aliphatic rings. The van der Waals surface area contributed by atoms with Crippen LogP contribution in [0.1, 0.15) is 51.1 Å². The second-order valence-electron chi connectivity index (χ2n) is 3.77. The Bertz CT molecular complexity index is 307. The molecule has 0 spiro atoms. The molecule has 0 aliphatic heterocycles. The number of aryl methyl sites for hydroxylation is 1. The number of carbonyl (C=O) groups excluding carboxylic acids is 1. The third-order valence-corrected chi connectivity index (χ3v) is 2.62. The van der Waals surface area contributed by atoms with Crippen LogP contribution in [0.2, 0.25) is 0 Å². The highest BCUT2D eigenvalue weighted by Gasteiger charge is 2.20. The number of nitrogens with zero attached hydrogens (tertiary/aromatic N) is 2. The lowest BCUT2D eigenvalue weighted by atomic mass is 9.95. The topological polar surface area (TPSA) is 34.9 Å². The molecule has 0 N–H and O–H groups in total. The molecule has 0 radical (unpaired) electrons. The van der Waals surface area contributed by atoms with E-state index in [1.807, 2.05) is 31.6 Å². The van der Waals surface area contributed by atoms with Crippen LogP contribution < -0.4 is 0 Å². The van der Waals surface area contributed by atoms with Crippen LogP contribution in [-0.4, -0.2) is 15.6 Å². The molecule has 15 heavy (non-hydrogen) atoms. The number of carbonyl (C=O) groups is 1. The molecule has 3 heteroatoms. The van der Waals surface area contributed by atoms with E-state index in [9.17, 15) is 4.79 Å².